The molecular weight excluding hydrogens is 293 g/mol. The van der Waals surface area contributed by atoms with Gasteiger partial charge in [0.2, 0.25) is 0 Å². The molecule has 0 atom stereocenters. The van der Waals surface area contributed by atoms with Crippen molar-refractivity contribution < 1.29 is 9.53 Å². The summed E-state index contributed by atoms with van der Waals surface area (Å²) in [5, 5.41) is 9.89. The minimum absolute atomic E-state index is 0.214. The zero-order valence-electron chi connectivity index (χ0n) is 8.59. The Morgan fingerprint density at radius 2 is 2.31 bits per heavy atom. The van der Waals surface area contributed by atoms with Crippen LogP contribution in [-0.2, 0) is 10.1 Å². The molecule has 16 heavy (non-hydrogen) atoms. The van der Waals surface area contributed by atoms with Crippen LogP contribution >= 0.6 is 27.5 Å². The first-order valence-electron chi connectivity index (χ1n) is 4.59. The maximum absolute atomic E-state index is 11.6. The fraction of sp³-hybridized carbons (Fsp3) is 0.273. The highest BCUT2D eigenvalue weighted by molar-refractivity contribution is 9.08. The van der Waals surface area contributed by atoms with Crippen molar-refractivity contribution in [2.75, 3.05) is 6.61 Å². The lowest BCUT2D eigenvalue weighted by Gasteiger charge is -2.07. The van der Waals surface area contributed by atoms with Gasteiger partial charge in [-0.05, 0) is 24.6 Å². The van der Waals surface area contributed by atoms with Crippen LogP contribution in [0.5, 0.6) is 0 Å². The van der Waals surface area contributed by atoms with Crippen LogP contribution in [0.2, 0.25) is 5.02 Å². The molecule has 0 unspecified atom stereocenters. The van der Waals surface area contributed by atoms with Crippen LogP contribution in [0.4, 0.5) is 0 Å². The van der Waals surface area contributed by atoms with Crippen molar-refractivity contribution in [2.24, 2.45) is 0 Å². The van der Waals surface area contributed by atoms with Gasteiger partial charge in [0.1, 0.15) is 6.07 Å². The third-order valence-corrected chi connectivity index (χ3v) is 2.76. The SMILES string of the molecule is CCOC(=O)c1cc(Cl)cc(CBr)c1C#N. The first-order valence-corrected chi connectivity index (χ1v) is 6.09. The van der Waals surface area contributed by atoms with Crippen LogP contribution in [0.25, 0.3) is 0 Å². The van der Waals surface area contributed by atoms with Crippen molar-refractivity contribution in [3.05, 3.63) is 33.8 Å². The molecule has 0 saturated carbocycles. The molecule has 0 fully saturated rings. The number of hydrogen-bond donors (Lipinski definition) is 0. The minimum atomic E-state index is -0.524. The van der Waals surface area contributed by atoms with Gasteiger partial charge in [0.25, 0.3) is 0 Å². The Balaban J connectivity index is 3.32. The maximum atomic E-state index is 11.6. The molecule has 0 aliphatic heterocycles. The predicted octanol–water partition coefficient (Wildman–Crippen LogP) is 3.28. The number of halogens is 2. The summed E-state index contributed by atoms with van der Waals surface area (Å²) >= 11 is 9.11. The van der Waals surface area contributed by atoms with Crippen LogP contribution in [0.3, 0.4) is 0 Å². The van der Waals surface area contributed by atoms with Crippen molar-refractivity contribution in [1.29, 1.82) is 5.26 Å². The number of hydrogen-bond acceptors (Lipinski definition) is 3. The number of nitrogens with zero attached hydrogens (tertiary/aromatic N) is 1. The molecule has 0 amide bonds. The van der Waals surface area contributed by atoms with E-state index >= 15 is 0 Å². The Morgan fingerprint density at radius 1 is 1.62 bits per heavy atom. The van der Waals surface area contributed by atoms with E-state index in [1.165, 1.54) is 6.07 Å². The fourth-order valence-electron chi connectivity index (χ4n) is 1.27. The molecule has 0 aliphatic rings. The molecule has 84 valence electrons. The van der Waals surface area contributed by atoms with Crippen molar-refractivity contribution in [1.82, 2.24) is 0 Å². The summed E-state index contributed by atoms with van der Waals surface area (Å²) in [4.78, 5) is 11.6. The van der Waals surface area contributed by atoms with Gasteiger partial charge in [0.05, 0.1) is 17.7 Å². The highest BCUT2D eigenvalue weighted by Gasteiger charge is 2.16. The van der Waals surface area contributed by atoms with Gasteiger partial charge in [0.15, 0.2) is 0 Å². The zero-order valence-corrected chi connectivity index (χ0v) is 10.9. The Kier molecular flexibility index (Phi) is 4.78. The molecule has 1 rings (SSSR count). The number of alkyl halides is 1. The molecule has 0 aliphatic carbocycles. The summed E-state index contributed by atoms with van der Waals surface area (Å²) in [7, 11) is 0. The van der Waals surface area contributed by atoms with Crippen LogP contribution < -0.4 is 0 Å². The Morgan fingerprint density at radius 3 is 2.81 bits per heavy atom. The number of rotatable bonds is 3. The quantitative estimate of drug-likeness (QED) is 0.636. The topological polar surface area (TPSA) is 50.1 Å². The summed E-state index contributed by atoms with van der Waals surface area (Å²) in [6, 6.07) is 5.09. The van der Waals surface area contributed by atoms with Gasteiger partial charge in [-0.1, -0.05) is 27.5 Å². The molecule has 0 aromatic heterocycles. The largest absolute Gasteiger partial charge is 0.462 e. The molecule has 0 heterocycles. The molecule has 0 bridgehead atoms. The smallest absolute Gasteiger partial charge is 0.339 e. The summed E-state index contributed by atoms with van der Waals surface area (Å²) in [6.07, 6.45) is 0. The second-order valence-electron chi connectivity index (χ2n) is 2.95. The van der Waals surface area contributed by atoms with Gasteiger partial charge in [0, 0.05) is 10.4 Å². The van der Waals surface area contributed by atoms with Crippen LogP contribution in [0.15, 0.2) is 12.1 Å². The normalized spacial score (nSPS) is 9.62. The van der Waals surface area contributed by atoms with E-state index in [-0.39, 0.29) is 12.2 Å². The monoisotopic (exact) mass is 301 g/mol. The summed E-state index contributed by atoms with van der Waals surface area (Å²) in [6.45, 7) is 1.97. The molecule has 0 radical (unpaired) electrons. The third-order valence-electron chi connectivity index (χ3n) is 1.94. The first-order chi connectivity index (χ1) is 7.63. The molecule has 0 N–H and O–H groups in total. The molecule has 1 aromatic rings. The molecule has 0 saturated heterocycles. The molecule has 1 aromatic carbocycles. The van der Waals surface area contributed by atoms with Gasteiger partial charge in [-0.2, -0.15) is 5.26 Å². The molecule has 3 nitrogen and oxygen atoms in total. The highest BCUT2D eigenvalue weighted by Crippen LogP contribution is 2.23. The van der Waals surface area contributed by atoms with Gasteiger partial charge in [-0.3, -0.25) is 0 Å². The van der Waals surface area contributed by atoms with E-state index in [1.807, 2.05) is 6.07 Å². The lowest BCUT2D eigenvalue weighted by atomic mass is 10.0. The Bertz CT molecular complexity index is 454. The number of nitriles is 1. The number of esters is 1. The number of carbonyl (C=O) groups is 1. The van der Waals surface area contributed by atoms with Gasteiger partial charge in [-0.15, -0.1) is 0 Å². The van der Waals surface area contributed by atoms with Crippen molar-refractivity contribution in [3.63, 3.8) is 0 Å². The second kappa shape index (κ2) is 5.88. The van der Waals surface area contributed by atoms with E-state index in [1.54, 1.807) is 13.0 Å². The lowest BCUT2D eigenvalue weighted by molar-refractivity contribution is 0.0526. The first kappa shape index (κ1) is 13.0. The van der Waals surface area contributed by atoms with Crippen molar-refractivity contribution >= 4 is 33.5 Å². The minimum Gasteiger partial charge on any atom is -0.462 e. The lowest BCUT2D eigenvalue weighted by Crippen LogP contribution is -2.08. The van der Waals surface area contributed by atoms with Crippen LogP contribution in [0, 0.1) is 11.3 Å². The van der Waals surface area contributed by atoms with Crippen molar-refractivity contribution in [2.45, 2.75) is 12.3 Å². The average Bonchev–Trinajstić information content (AvgIpc) is 2.28. The molecular formula is C11H9BrClNO2. The predicted molar refractivity (Wildman–Crippen MR) is 64.8 cm³/mol. The summed E-state index contributed by atoms with van der Waals surface area (Å²) < 4.78 is 4.86. The van der Waals surface area contributed by atoms with E-state index < -0.39 is 5.97 Å². The van der Waals surface area contributed by atoms with Crippen LogP contribution in [0.1, 0.15) is 28.4 Å². The summed E-state index contributed by atoms with van der Waals surface area (Å²) in [5.74, 6) is -0.524. The zero-order chi connectivity index (χ0) is 12.1. The highest BCUT2D eigenvalue weighted by atomic mass is 79.9. The number of carbonyl (C=O) groups excluding carboxylic acids is 1. The van der Waals surface area contributed by atoms with Crippen LogP contribution in [-0.4, -0.2) is 12.6 Å². The summed E-state index contributed by atoms with van der Waals surface area (Å²) in [5.41, 5.74) is 1.20. The van der Waals surface area contributed by atoms with Gasteiger partial charge < -0.3 is 4.74 Å². The number of ether oxygens (including phenoxy) is 1. The second-order valence-corrected chi connectivity index (χ2v) is 3.95. The van der Waals surface area contributed by atoms with Crippen molar-refractivity contribution in [3.8, 4) is 6.07 Å². The third kappa shape index (κ3) is 2.75. The molecule has 0 spiro atoms. The Labute approximate surface area is 107 Å². The maximum Gasteiger partial charge on any atom is 0.339 e. The average molecular weight is 303 g/mol. The van der Waals surface area contributed by atoms with E-state index in [0.717, 1.165) is 0 Å². The number of benzene rings is 1. The molecule has 5 heteroatoms. The van der Waals surface area contributed by atoms with E-state index in [2.05, 4.69) is 15.9 Å². The van der Waals surface area contributed by atoms with Gasteiger partial charge in [-0.25, -0.2) is 4.79 Å². The van der Waals surface area contributed by atoms with E-state index in [0.29, 0.717) is 21.5 Å². The van der Waals surface area contributed by atoms with E-state index in [9.17, 15) is 4.79 Å². The standard InChI is InChI=1S/C11H9BrClNO2/c1-2-16-11(15)9-4-8(13)3-7(5-12)10(9)6-14/h3-4H,2,5H2,1H3. The van der Waals surface area contributed by atoms with E-state index in [4.69, 9.17) is 21.6 Å². The fourth-order valence-corrected chi connectivity index (χ4v) is 1.95. The van der Waals surface area contributed by atoms with Gasteiger partial charge >= 0.3 is 5.97 Å². The Hall–Kier alpha value is -1.05.